The topological polar surface area (TPSA) is 26.0 Å². The first-order valence-electron chi connectivity index (χ1n) is 5.79. The van der Waals surface area contributed by atoms with Crippen LogP contribution in [0.5, 0.6) is 0 Å². The van der Waals surface area contributed by atoms with Crippen LogP contribution in [0.4, 0.5) is 5.69 Å². The number of hydrogen-bond donors (Lipinski definition) is 1. The van der Waals surface area contributed by atoms with Gasteiger partial charge in [-0.05, 0) is 42.9 Å². The van der Waals surface area contributed by atoms with Gasteiger partial charge in [-0.15, -0.1) is 11.8 Å². The van der Waals surface area contributed by atoms with E-state index in [1.54, 1.807) is 11.8 Å². The van der Waals surface area contributed by atoms with E-state index in [1.807, 2.05) is 26.8 Å². The molecule has 0 aliphatic heterocycles. The Hall–Kier alpha value is -0.890. The number of anilines is 1. The molecule has 0 unspecified atom stereocenters. The van der Waals surface area contributed by atoms with Crippen molar-refractivity contribution < 1.29 is 0 Å². The van der Waals surface area contributed by atoms with Crippen LogP contribution in [0.3, 0.4) is 0 Å². The van der Waals surface area contributed by atoms with Crippen LogP contribution < -0.4 is 5.73 Å². The molecule has 0 atom stereocenters. The Morgan fingerprint density at radius 3 is 2.44 bits per heavy atom. The van der Waals surface area contributed by atoms with Crippen molar-refractivity contribution in [3.8, 4) is 0 Å². The molecule has 0 heterocycles. The molecule has 1 nitrogen and oxygen atoms in total. The summed E-state index contributed by atoms with van der Waals surface area (Å²) in [6.07, 6.45) is 5.42. The summed E-state index contributed by atoms with van der Waals surface area (Å²) in [6.45, 7) is 8.20. The van der Waals surface area contributed by atoms with Crippen LogP contribution in [-0.2, 0) is 0 Å². The van der Waals surface area contributed by atoms with E-state index in [1.165, 1.54) is 10.5 Å². The van der Waals surface area contributed by atoms with Crippen molar-refractivity contribution >= 4 is 22.4 Å². The molecule has 0 saturated carbocycles. The second-order valence-electron chi connectivity index (χ2n) is 3.25. The van der Waals surface area contributed by atoms with Gasteiger partial charge in [0.25, 0.3) is 0 Å². The fourth-order valence-corrected chi connectivity index (χ4v) is 2.03. The fraction of sp³-hybridized carbons (Fsp3) is 0.429. The van der Waals surface area contributed by atoms with E-state index in [2.05, 4.69) is 31.4 Å². The van der Waals surface area contributed by atoms with Gasteiger partial charge in [0.1, 0.15) is 0 Å². The first-order chi connectivity index (χ1) is 7.69. The third-order valence-corrected chi connectivity index (χ3v) is 3.01. The molecule has 1 rings (SSSR count). The van der Waals surface area contributed by atoms with Crippen LogP contribution in [0.15, 0.2) is 24.3 Å². The van der Waals surface area contributed by atoms with E-state index < -0.39 is 0 Å². The molecule has 16 heavy (non-hydrogen) atoms. The van der Waals surface area contributed by atoms with Crippen molar-refractivity contribution in [1.82, 2.24) is 0 Å². The van der Waals surface area contributed by atoms with Gasteiger partial charge in [-0.25, -0.2) is 0 Å². The number of thioether (sulfide) groups is 1. The minimum atomic E-state index is 0.866. The van der Waals surface area contributed by atoms with E-state index >= 15 is 0 Å². The fourth-order valence-electron chi connectivity index (χ4n) is 1.33. The molecule has 2 N–H and O–H groups in total. The Morgan fingerprint density at radius 2 is 2.00 bits per heavy atom. The molecule has 0 saturated heterocycles. The van der Waals surface area contributed by atoms with Gasteiger partial charge in [0.2, 0.25) is 0 Å². The molecule has 0 fully saturated rings. The van der Waals surface area contributed by atoms with Gasteiger partial charge in [0.05, 0.1) is 0 Å². The minimum absolute atomic E-state index is 0.866. The normalized spacial score (nSPS) is 10.7. The lowest BCUT2D eigenvalue weighted by atomic mass is 10.1. The summed E-state index contributed by atoms with van der Waals surface area (Å²) in [4.78, 5) is 1.33. The Bertz CT molecular complexity index is 343. The molecule has 0 aliphatic carbocycles. The second-order valence-corrected chi connectivity index (χ2v) is 4.10. The highest BCUT2D eigenvalue weighted by atomic mass is 32.2. The number of rotatable bonds is 3. The van der Waals surface area contributed by atoms with Crippen molar-refractivity contribution in [3.05, 3.63) is 35.4 Å². The van der Waals surface area contributed by atoms with Crippen LogP contribution in [-0.4, -0.2) is 6.26 Å². The number of hydrogen-bond acceptors (Lipinski definition) is 2. The summed E-state index contributed by atoms with van der Waals surface area (Å²) in [5.74, 6) is 0. The maximum Gasteiger partial charge on any atom is 0.0344 e. The first kappa shape index (κ1) is 15.1. The summed E-state index contributed by atoms with van der Waals surface area (Å²) in [5, 5.41) is 0. The predicted molar refractivity (Wildman–Crippen MR) is 78.7 cm³/mol. The number of aryl methyl sites for hydroxylation is 1. The Morgan fingerprint density at radius 1 is 1.38 bits per heavy atom. The Kier molecular flexibility index (Phi) is 7.82. The lowest BCUT2D eigenvalue weighted by Crippen LogP contribution is -1.90. The largest absolute Gasteiger partial charge is 0.399 e. The summed E-state index contributed by atoms with van der Waals surface area (Å²) < 4.78 is 0. The minimum Gasteiger partial charge on any atom is -0.399 e. The molecule has 1 aromatic carbocycles. The predicted octanol–water partition coefficient (Wildman–Crippen LogP) is 4.72. The zero-order valence-electron chi connectivity index (χ0n) is 11.0. The highest BCUT2D eigenvalue weighted by Gasteiger charge is 2.01. The lowest BCUT2D eigenvalue weighted by Gasteiger charge is -2.07. The van der Waals surface area contributed by atoms with Crippen molar-refractivity contribution in [2.24, 2.45) is 0 Å². The average Bonchev–Trinajstić information content (AvgIpc) is 2.32. The molecule has 0 amide bonds. The van der Waals surface area contributed by atoms with Crippen molar-refractivity contribution in [2.75, 3.05) is 12.0 Å². The molecule has 1 aromatic rings. The Labute approximate surface area is 104 Å². The third-order valence-electron chi connectivity index (χ3n) is 2.16. The molecular formula is C14H23NS. The smallest absolute Gasteiger partial charge is 0.0344 e. The molecule has 0 aliphatic rings. The van der Waals surface area contributed by atoms with Crippen LogP contribution in [0.2, 0.25) is 0 Å². The monoisotopic (exact) mass is 237 g/mol. The lowest BCUT2D eigenvalue weighted by molar-refractivity contribution is 1.23. The van der Waals surface area contributed by atoms with Crippen molar-refractivity contribution in [3.63, 3.8) is 0 Å². The highest BCUT2D eigenvalue weighted by Crippen LogP contribution is 2.27. The quantitative estimate of drug-likeness (QED) is 0.770. The standard InChI is InChI=1S/C12H17NS.C2H6/c1-4-5-12(14-3)10-6-7-11(13)9(2)8-10;1-2/h5-8H,4,13H2,1-3H3;1-2H3/b12-5-;. The molecule has 2 heteroatoms. The third kappa shape index (κ3) is 4.31. The van der Waals surface area contributed by atoms with Gasteiger partial charge in [-0.3, -0.25) is 0 Å². The molecular weight excluding hydrogens is 214 g/mol. The zero-order chi connectivity index (χ0) is 12.6. The van der Waals surface area contributed by atoms with Crippen molar-refractivity contribution in [2.45, 2.75) is 34.1 Å². The molecule has 0 radical (unpaired) electrons. The van der Waals surface area contributed by atoms with Crippen LogP contribution in [0.1, 0.15) is 38.3 Å². The van der Waals surface area contributed by atoms with Gasteiger partial charge in [0, 0.05) is 10.6 Å². The highest BCUT2D eigenvalue weighted by molar-refractivity contribution is 8.07. The maximum absolute atomic E-state index is 5.78. The van der Waals surface area contributed by atoms with E-state index in [4.69, 9.17) is 5.73 Å². The molecule has 0 spiro atoms. The summed E-state index contributed by atoms with van der Waals surface area (Å²) in [6, 6.07) is 6.21. The van der Waals surface area contributed by atoms with Crippen molar-refractivity contribution in [1.29, 1.82) is 0 Å². The number of nitrogens with two attached hydrogens (primary N) is 1. The molecule has 0 aromatic heterocycles. The second kappa shape index (κ2) is 8.28. The van der Waals surface area contributed by atoms with E-state index in [0.717, 1.165) is 17.7 Å². The van der Waals surface area contributed by atoms with E-state index in [0.29, 0.717) is 0 Å². The molecule has 0 bridgehead atoms. The summed E-state index contributed by atoms with van der Waals surface area (Å²) in [5.41, 5.74) is 9.07. The van der Waals surface area contributed by atoms with Crippen LogP contribution in [0.25, 0.3) is 4.91 Å². The van der Waals surface area contributed by atoms with E-state index in [9.17, 15) is 0 Å². The van der Waals surface area contributed by atoms with Gasteiger partial charge in [-0.1, -0.05) is 32.9 Å². The van der Waals surface area contributed by atoms with Gasteiger partial charge < -0.3 is 5.73 Å². The maximum atomic E-state index is 5.78. The number of allylic oxidation sites excluding steroid dienone is 1. The summed E-state index contributed by atoms with van der Waals surface area (Å²) >= 11 is 1.78. The van der Waals surface area contributed by atoms with Crippen LogP contribution in [0, 0.1) is 6.92 Å². The summed E-state index contributed by atoms with van der Waals surface area (Å²) in [7, 11) is 0. The average molecular weight is 237 g/mol. The SMILES string of the molecule is CC.CC/C=C(\SC)c1ccc(N)c(C)c1. The first-order valence-corrected chi connectivity index (χ1v) is 7.02. The number of nitrogen functional groups attached to an aromatic ring is 1. The van der Waals surface area contributed by atoms with Gasteiger partial charge >= 0.3 is 0 Å². The van der Waals surface area contributed by atoms with E-state index in [-0.39, 0.29) is 0 Å². The van der Waals surface area contributed by atoms with Crippen LogP contribution >= 0.6 is 11.8 Å². The molecule has 90 valence electrons. The van der Waals surface area contributed by atoms with Gasteiger partial charge in [0.15, 0.2) is 0 Å². The zero-order valence-corrected chi connectivity index (χ0v) is 11.8. The number of benzene rings is 1. The van der Waals surface area contributed by atoms with Gasteiger partial charge in [-0.2, -0.15) is 0 Å². The Balaban J connectivity index is 0.00000106.